The van der Waals surface area contributed by atoms with Crippen LogP contribution in [0.1, 0.15) is 17.2 Å². The topological polar surface area (TPSA) is 90.2 Å². The molecule has 0 aromatic heterocycles. The van der Waals surface area contributed by atoms with Crippen molar-refractivity contribution in [2.45, 2.75) is 18.6 Å². The van der Waals surface area contributed by atoms with Crippen LogP contribution in [0, 0.1) is 5.82 Å². The molecule has 1 heterocycles. The maximum absolute atomic E-state index is 13.4. The second-order valence-corrected chi connectivity index (χ2v) is 4.96. The van der Waals surface area contributed by atoms with Gasteiger partial charge in [0, 0.05) is 24.1 Å². The first kappa shape index (κ1) is 13.5. The molecule has 5 nitrogen and oxygen atoms in total. The fourth-order valence-corrected chi connectivity index (χ4v) is 2.45. The van der Waals surface area contributed by atoms with Gasteiger partial charge in [-0.2, -0.15) is 0 Å². The minimum atomic E-state index is -0.989. The minimum Gasteiger partial charge on any atom is -0.508 e. The van der Waals surface area contributed by atoms with Crippen molar-refractivity contribution in [1.82, 2.24) is 0 Å². The van der Waals surface area contributed by atoms with Gasteiger partial charge in [0.05, 0.1) is 6.10 Å². The molecule has 0 fully saturated rings. The van der Waals surface area contributed by atoms with Gasteiger partial charge in [0.15, 0.2) is 11.6 Å². The maximum Gasteiger partial charge on any atom is 0.165 e. The van der Waals surface area contributed by atoms with Crippen LogP contribution in [0.15, 0.2) is 30.3 Å². The zero-order chi connectivity index (χ0) is 15.1. The Morgan fingerprint density at radius 1 is 1.05 bits per heavy atom. The van der Waals surface area contributed by atoms with Crippen LogP contribution in [-0.4, -0.2) is 26.5 Å². The number of aliphatic hydroxyl groups excluding tert-OH is 1. The molecule has 0 saturated heterocycles. The van der Waals surface area contributed by atoms with Crippen molar-refractivity contribution in [2.24, 2.45) is 0 Å². The van der Waals surface area contributed by atoms with Gasteiger partial charge in [0.1, 0.15) is 23.4 Å². The van der Waals surface area contributed by atoms with Crippen LogP contribution in [0.2, 0.25) is 0 Å². The Hall–Kier alpha value is -2.47. The van der Waals surface area contributed by atoms with Crippen LogP contribution >= 0.6 is 0 Å². The molecular formula is C15H13FO5. The summed E-state index contributed by atoms with van der Waals surface area (Å²) in [4.78, 5) is 0. The van der Waals surface area contributed by atoms with Crippen molar-refractivity contribution in [1.29, 1.82) is 0 Å². The SMILES string of the molecule is Oc1cc(O)c2c(c1)O[C@H](c1ccc(O)c(F)c1)[C@H](O)C2. The van der Waals surface area contributed by atoms with E-state index in [-0.39, 0.29) is 23.7 Å². The third-order valence-corrected chi connectivity index (χ3v) is 3.49. The lowest BCUT2D eigenvalue weighted by Gasteiger charge is -2.31. The summed E-state index contributed by atoms with van der Waals surface area (Å²) in [6.45, 7) is 0. The van der Waals surface area contributed by atoms with Gasteiger partial charge in [0.2, 0.25) is 0 Å². The summed E-state index contributed by atoms with van der Waals surface area (Å²) in [6.07, 6.45) is -1.74. The van der Waals surface area contributed by atoms with Gasteiger partial charge in [-0.05, 0) is 17.7 Å². The van der Waals surface area contributed by atoms with Crippen molar-refractivity contribution >= 4 is 0 Å². The molecule has 0 saturated carbocycles. The summed E-state index contributed by atoms with van der Waals surface area (Å²) < 4.78 is 19.0. The molecule has 0 unspecified atom stereocenters. The average Bonchev–Trinajstić information content (AvgIpc) is 2.42. The summed E-state index contributed by atoms with van der Waals surface area (Å²) in [7, 11) is 0. The highest BCUT2D eigenvalue weighted by molar-refractivity contribution is 5.51. The van der Waals surface area contributed by atoms with Gasteiger partial charge in [-0.3, -0.25) is 0 Å². The lowest BCUT2D eigenvalue weighted by Crippen LogP contribution is -2.30. The molecular weight excluding hydrogens is 279 g/mol. The van der Waals surface area contributed by atoms with E-state index in [4.69, 9.17) is 4.74 Å². The van der Waals surface area contributed by atoms with E-state index in [1.165, 1.54) is 18.2 Å². The quantitative estimate of drug-likeness (QED) is 0.645. The predicted octanol–water partition coefficient (Wildman–Crippen LogP) is 1.98. The van der Waals surface area contributed by atoms with Gasteiger partial charge in [-0.1, -0.05) is 6.07 Å². The Kier molecular flexibility index (Phi) is 3.10. The highest BCUT2D eigenvalue weighted by Gasteiger charge is 2.32. The number of hydrogen-bond donors (Lipinski definition) is 4. The smallest absolute Gasteiger partial charge is 0.165 e. The molecule has 4 N–H and O–H groups in total. The molecule has 2 aromatic rings. The van der Waals surface area contributed by atoms with Crippen LogP contribution in [0.3, 0.4) is 0 Å². The number of ether oxygens (including phenoxy) is 1. The zero-order valence-electron chi connectivity index (χ0n) is 10.8. The number of phenols is 3. The first-order valence-corrected chi connectivity index (χ1v) is 6.33. The number of aromatic hydroxyl groups is 3. The van der Waals surface area contributed by atoms with E-state index >= 15 is 0 Å². The van der Waals surface area contributed by atoms with Gasteiger partial charge < -0.3 is 25.2 Å². The normalized spacial score (nSPS) is 20.7. The van der Waals surface area contributed by atoms with Crippen LogP contribution in [0.25, 0.3) is 0 Å². The summed E-state index contributed by atoms with van der Waals surface area (Å²) in [5, 5.41) is 38.6. The third-order valence-electron chi connectivity index (χ3n) is 3.49. The molecule has 3 rings (SSSR count). The Bertz CT molecular complexity index is 701. The van der Waals surface area contributed by atoms with Crippen molar-refractivity contribution in [3.63, 3.8) is 0 Å². The summed E-state index contributed by atoms with van der Waals surface area (Å²) in [6, 6.07) is 6.19. The lowest BCUT2D eigenvalue weighted by atomic mass is 9.94. The molecule has 21 heavy (non-hydrogen) atoms. The molecule has 0 amide bonds. The standard InChI is InChI=1S/C15H13FO5/c16-10-3-7(1-2-11(10)18)15-13(20)6-9-12(19)4-8(17)5-14(9)21-15/h1-5,13,15,17-20H,6H2/t13-,15-/m1/s1. The van der Waals surface area contributed by atoms with Crippen LogP contribution < -0.4 is 4.74 Å². The molecule has 110 valence electrons. The average molecular weight is 292 g/mol. The summed E-state index contributed by atoms with van der Waals surface area (Å²) >= 11 is 0. The number of rotatable bonds is 1. The van der Waals surface area contributed by atoms with Gasteiger partial charge in [-0.25, -0.2) is 4.39 Å². The number of hydrogen-bond acceptors (Lipinski definition) is 5. The van der Waals surface area contributed by atoms with Crippen LogP contribution in [0.5, 0.6) is 23.0 Å². The van der Waals surface area contributed by atoms with E-state index in [9.17, 15) is 24.8 Å². The van der Waals surface area contributed by atoms with E-state index in [0.717, 1.165) is 12.1 Å². The third kappa shape index (κ3) is 2.34. The Balaban J connectivity index is 2.00. The fourth-order valence-electron chi connectivity index (χ4n) is 2.45. The fraction of sp³-hybridized carbons (Fsp3) is 0.200. The van der Waals surface area contributed by atoms with Gasteiger partial charge in [-0.15, -0.1) is 0 Å². The number of benzene rings is 2. The zero-order valence-corrected chi connectivity index (χ0v) is 10.8. The molecule has 0 radical (unpaired) electrons. The Labute approximate surface area is 119 Å². The molecule has 0 bridgehead atoms. The second-order valence-electron chi connectivity index (χ2n) is 4.96. The first-order chi connectivity index (χ1) is 9.95. The highest BCUT2D eigenvalue weighted by Crippen LogP contribution is 2.42. The molecule has 1 aliphatic rings. The number of halogens is 1. The monoisotopic (exact) mass is 292 g/mol. The van der Waals surface area contributed by atoms with E-state index in [0.29, 0.717) is 11.1 Å². The molecule has 0 spiro atoms. The predicted molar refractivity (Wildman–Crippen MR) is 70.9 cm³/mol. The van der Waals surface area contributed by atoms with Gasteiger partial charge in [0.25, 0.3) is 0 Å². The van der Waals surface area contributed by atoms with Crippen LogP contribution in [0.4, 0.5) is 4.39 Å². The first-order valence-electron chi connectivity index (χ1n) is 6.33. The van der Waals surface area contributed by atoms with Crippen molar-refractivity contribution < 1.29 is 29.6 Å². The second kappa shape index (κ2) is 4.82. The molecule has 2 aromatic carbocycles. The molecule has 1 aliphatic heterocycles. The molecule has 2 atom stereocenters. The molecule has 6 heteroatoms. The largest absolute Gasteiger partial charge is 0.508 e. The number of fused-ring (bicyclic) bond motifs is 1. The molecule has 0 aliphatic carbocycles. The number of phenolic OH excluding ortho intramolecular Hbond substituents is 3. The van der Waals surface area contributed by atoms with Crippen molar-refractivity contribution in [2.75, 3.05) is 0 Å². The van der Waals surface area contributed by atoms with E-state index in [1.807, 2.05) is 0 Å². The Morgan fingerprint density at radius 2 is 1.81 bits per heavy atom. The highest BCUT2D eigenvalue weighted by atomic mass is 19.1. The van der Waals surface area contributed by atoms with Crippen molar-refractivity contribution in [3.8, 4) is 23.0 Å². The lowest BCUT2D eigenvalue weighted by molar-refractivity contribution is 0.0196. The van der Waals surface area contributed by atoms with Crippen molar-refractivity contribution in [3.05, 3.63) is 47.3 Å². The Morgan fingerprint density at radius 3 is 2.52 bits per heavy atom. The number of aliphatic hydroxyl groups is 1. The van der Waals surface area contributed by atoms with E-state index < -0.39 is 23.8 Å². The summed E-state index contributed by atoms with van der Waals surface area (Å²) in [5.74, 6) is -1.40. The maximum atomic E-state index is 13.4. The van der Waals surface area contributed by atoms with Crippen LogP contribution in [-0.2, 0) is 6.42 Å². The minimum absolute atomic E-state index is 0.106. The van der Waals surface area contributed by atoms with E-state index in [2.05, 4.69) is 0 Å². The summed E-state index contributed by atoms with van der Waals surface area (Å²) in [5.41, 5.74) is 0.738. The van der Waals surface area contributed by atoms with E-state index in [1.54, 1.807) is 0 Å². The van der Waals surface area contributed by atoms with Gasteiger partial charge >= 0.3 is 0 Å².